The Labute approximate surface area is 196 Å². The Morgan fingerprint density at radius 3 is 2.16 bits per heavy atom. The Hall–Kier alpha value is -1.87. The summed E-state index contributed by atoms with van der Waals surface area (Å²) in [4.78, 5) is 12.4. The third-order valence-electron chi connectivity index (χ3n) is 7.75. The molecule has 0 radical (unpaired) electrons. The lowest BCUT2D eigenvalue weighted by molar-refractivity contribution is 0.0734. The van der Waals surface area contributed by atoms with Gasteiger partial charge in [0.1, 0.15) is 11.6 Å². The maximum Gasteiger partial charge on any atom is 0.343 e. The molecule has 32 heavy (non-hydrogen) atoms. The molecule has 2 aliphatic carbocycles. The summed E-state index contributed by atoms with van der Waals surface area (Å²) in [6.45, 7) is 2.31. The van der Waals surface area contributed by atoms with Gasteiger partial charge in [0.2, 0.25) is 0 Å². The van der Waals surface area contributed by atoms with Gasteiger partial charge in [0.05, 0.1) is 10.6 Å². The number of esters is 1. The minimum absolute atomic E-state index is 0.0599. The number of carbonyl (C=O) groups excluding carboxylic acids is 1. The second-order valence-corrected chi connectivity index (χ2v) is 10.2. The Balaban J connectivity index is 1.27. The molecule has 0 aromatic heterocycles. The van der Waals surface area contributed by atoms with Gasteiger partial charge in [-0.3, -0.25) is 0 Å². The van der Waals surface area contributed by atoms with Gasteiger partial charge in [0.15, 0.2) is 0 Å². The van der Waals surface area contributed by atoms with Gasteiger partial charge in [-0.1, -0.05) is 56.3 Å². The Bertz CT molecular complexity index is 894. The van der Waals surface area contributed by atoms with E-state index in [2.05, 4.69) is 19.1 Å². The van der Waals surface area contributed by atoms with Crippen LogP contribution in [0.1, 0.15) is 93.0 Å². The highest BCUT2D eigenvalue weighted by Gasteiger charge is 2.31. The summed E-state index contributed by atoms with van der Waals surface area (Å²) < 4.78 is 18.6. The van der Waals surface area contributed by atoms with Crippen LogP contribution in [0.15, 0.2) is 42.5 Å². The minimum Gasteiger partial charge on any atom is -0.423 e. The van der Waals surface area contributed by atoms with Crippen LogP contribution in [0.5, 0.6) is 5.75 Å². The molecule has 2 saturated carbocycles. The van der Waals surface area contributed by atoms with Crippen LogP contribution in [-0.2, 0) is 0 Å². The molecule has 0 amide bonds. The van der Waals surface area contributed by atoms with Gasteiger partial charge in [-0.2, -0.15) is 0 Å². The average molecular weight is 457 g/mol. The van der Waals surface area contributed by atoms with Gasteiger partial charge in [0.25, 0.3) is 0 Å². The molecule has 4 heteroatoms. The van der Waals surface area contributed by atoms with Crippen LogP contribution >= 0.6 is 11.6 Å². The summed E-state index contributed by atoms with van der Waals surface area (Å²) >= 11 is 5.76. The summed E-state index contributed by atoms with van der Waals surface area (Å²) in [5.41, 5.74) is 1.81. The third kappa shape index (κ3) is 5.73. The number of carbonyl (C=O) groups is 1. The van der Waals surface area contributed by atoms with Crippen molar-refractivity contribution in [3.05, 3.63) is 64.4 Å². The van der Waals surface area contributed by atoms with E-state index in [1.807, 2.05) is 12.1 Å². The number of rotatable bonds is 6. The van der Waals surface area contributed by atoms with E-state index in [-0.39, 0.29) is 10.8 Å². The predicted molar refractivity (Wildman–Crippen MR) is 128 cm³/mol. The van der Waals surface area contributed by atoms with Crippen molar-refractivity contribution in [3.8, 4) is 5.75 Å². The molecule has 2 aliphatic rings. The molecule has 172 valence electrons. The van der Waals surface area contributed by atoms with E-state index in [0.717, 1.165) is 17.8 Å². The molecule has 0 bridgehead atoms. The van der Waals surface area contributed by atoms with Crippen molar-refractivity contribution in [2.45, 2.75) is 77.0 Å². The van der Waals surface area contributed by atoms with Crippen LogP contribution in [0.3, 0.4) is 0 Å². The van der Waals surface area contributed by atoms with Gasteiger partial charge in [-0.25, -0.2) is 9.18 Å². The molecule has 2 aromatic carbocycles. The van der Waals surface area contributed by atoms with Crippen LogP contribution < -0.4 is 4.74 Å². The number of benzene rings is 2. The van der Waals surface area contributed by atoms with Crippen LogP contribution in [0.4, 0.5) is 4.39 Å². The summed E-state index contributed by atoms with van der Waals surface area (Å²) in [7, 11) is 0. The monoisotopic (exact) mass is 456 g/mol. The van der Waals surface area contributed by atoms with E-state index in [1.165, 1.54) is 88.0 Å². The largest absolute Gasteiger partial charge is 0.423 e. The topological polar surface area (TPSA) is 26.3 Å². The number of halogens is 2. The van der Waals surface area contributed by atoms with Gasteiger partial charge >= 0.3 is 5.97 Å². The van der Waals surface area contributed by atoms with Crippen LogP contribution in [0.25, 0.3) is 0 Å². The van der Waals surface area contributed by atoms with E-state index in [4.69, 9.17) is 16.3 Å². The van der Waals surface area contributed by atoms with Crippen molar-refractivity contribution >= 4 is 17.6 Å². The molecule has 4 rings (SSSR count). The molecule has 2 aromatic rings. The number of hydrogen-bond acceptors (Lipinski definition) is 2. The molecule has 2 nitrogen and oxygen atoms in total. The van der Waals surface area contributed by atoms with Crippen LogP contribution in [-0.4, -0.2) is 5.97 Å². The molecular formula is C28H34ClFO2. The maximum atomic E-state index is 13.3. The van der Waals surface area contributed by atoms with Crippen LogP contribution in [0.2, 0.25) is 5.02 Å². The smallest absolute Gasteiger partial charge is 0.343 e. The first-order valence-corrected chi connectivity index (χ1v) is 12.7. The molecular weight excluding hydrogens is 423 g/mol. The maximum absolute atomic E-state index is 13.3. The fourth-order valence-corrected chi connectivity index (χ4v) is 6.05. The summed E-state index contributed by atoms with van der Waals surface area (Å²) in [6, 6.07) is 11.7. The minimum atomic E-state index is -0.533. The zero-order chi connectivity index (χ0) is 22.5. The first-order chi connectivity index (χ1) is 15.5. The zero-order valence-electron chi connectivity index (χ0n) is 19.0. The van der Waals surface area contributed by atoms with Crippen LogP contribution in [0, 0.1) is 23.6 Å². The summed E-state index contributed by atoms with van der Waals surface area (Å²) in [5.74, 6) is 2.68. The quantitative estimate of drug-likeness (QED) is 0.321. The number of hydrogen-bond donors (Lipinski definition) is 0. The van der Waals surface area contributed by atoms with Crippen molar-refractivity contribution in [2.24, 2.45) is 17.8 Å². The summed E-state index contributed by atoms with van der Waals surface area (Å²) in [6.07, 6.45) is 13.7. The third-order valence-corrected chi connectivity index (χ3v) is 8.04. The molecule has 0 unspecified atom stereocenters. The molecule has 0 aliphatic heterocycles. The lowest BCUT2D eigenvalue weighted by Crippen LogP contribution is -2.25. The van der Waals surface area contributed by atoms with E-state index < -0.39 is 11.8 Å². The molecule has 0 N–H and O–H groups in total. The Morgan fingerprint density at radius 1 is 0.938 bits per heavy atom. The SMILES string of the molecule is CCC[C@H]1CC[C@H](C2CCC(c3ccc(C(=O)Oc4ccc(F)c(Cl)c4)cc3)CC2)CC1. The highest BCUT2D eigenvalue weighted by Crippen LogP contribution is 2.44. The second kappa shape index (κ2) is 10.8. The molecule has 0 heterocycles. The molecule has 2 fully saturated rings. The van der Waals surface area contributed by atoms with E-state index in [9.17, 15) is 9.18 Å². The first-order valence-electron chi connectivity index (χ1n) is 12.3. The van der Waals surface area contributed by atoms with Gasteiger partial charge in [0, 0.05) is 6.07 Å². The lowest BCUT2D eigenvalue weighted by atomic mass is 9.68. The standard InChI is InChI=1S/C28H34ClFO2/c1-2-3-19-4-6-20(7-5-19)21-8-10-22(11-9-21)23-12-14-24(15-13-23)28(31)32-25-16-17-27(30)26(29)18-25/h12-22H,2-11H2,1H3/t19-,20-,21?,22?. The van der Waals surface area contributed by atoms with E-state index in [1.54, 1.807) is 0 Å². The summed E-state index contributed by atoms with van der Waals surface area (Å²) in [5, 5.41) is -0.0599. The van der Waals surface area contributed by atoms with Gasteiger partial charge < -0.3 is 4.74 Å². The van der Waals surface area contributed by atoms with Gasteiger partial charge in [-0.05, 0) is 92.0 Å². The Kier molecular flexibility index (Phi) is 7.88. The first kappa shape index (κ1) is 23.3. The van der Waals surface area contributed by atoms with Gasteiger partial charge in [-0.15, -0.1) is 0 Å². The highest BCUT2D eigenvalue weighted by molar-refractivity contribution is 6.30. The van der Waals surface area contributed by atoms with Crippen molar-refractivity contribution in [1.29, 1.82) is 0 Å². The number of ether oxygens (including phenoxy) is 1. The normalized spacial score (nSPS) is 26.0. The predicted octanol–water partition coefficient (Wildman–Crippen LogP) is 8.58. The fourth-order valence-electron chi connectivity index (χ4n) is 5.88. The lowest BCUT2D eigenvalue weighted by Gasteiger charge is -2.38. The van der Waals surface area contributed by atoms with Crippen molar-refractivity contribution in [2.75, 3.05) is 0 Å². The Morgan fingerprint density at radius 2 is 1.56 bits per heavy atom. The molecule has 0 atom stereocenters. The molecule has 0 saturated heterocycles. The zero-order valence-corrected chi connectivity index (χ0v) is 19.8. The van der Waals surface area contributed by atoms with Crippen molar-refractivity contribution < 1.29 is 13.9 Å². The van der Waals surface area contributed by atoms with Crippen molar-refractivity contribution in [1.82, 2.24) is 0 Å². The molecule has 0 spiro atoms. The van der Waals surface area contributed by atoms with Crippen molar-refractivity contribution in [3.63, 3.8) is 0 Å². The fraction of sp³-hybridized carbons (Fsp3) is 0.536. The second-order valence-electron chi connectivity index (χ2n) is 9.77. The highest BCUT2D eigenvalue weighted by atomic mass is 35.5. The van der Waals surface area contributed by atoms with E-state index in [0.29, 0.717) is 11.5 Å². The average Bonchev–Trinajstić information content (AvgIpc) is 2.82. The van der Waals surface area contributed by atoms with E-state index >= 15 is 0 Å².